The fraction of sp³-hybridized carbons (Fsp3) is 0.357. The van der Waals surface area contributed by atoms with E-state index in [0.29, 0.717) is 22.0 Å². The van der Waals surface area contributed by atoms with Gasteiger partial charge >= 0.3 is 0 Å². The Hall–Kier alpha value is -1.39. The van der Waals surface area contributed by atoms with E-state index in [1.807, 2.05) is 6.07 Å². The molecule has 2 N–H and O–H groups in total. The molecule has 1 aromatic heterocycles. The molecule has 0 saturated carbocycles. The van der Waals surface area contributed by atoms with Crippen LogP contribution in [0.15, 0.2) is 30.3 Å². The molecule has 1 atom stereocenters. The highest BCUT2D eigenvalue weighted by Gasteiger charge is 2.33. The van der Waals surface area contributed by atoms with E-state index in [0.717, 1.165) is 0 Å². The summed E-state index contributed by atoms with van der Waals surface area (Å²) in [4.78, 5) is 0. The maximum absolute atomic E-state index is 15.1. The van der Waals surface area contributed by atoms with Gasteiger partial charge < -0.3 is 5.73 Å². The summed E-state index contributed by atoms with van der Waals surface area (Å²) in [5.74, 6) is 0. The van der Waals surface area contributed by atoms with Gasteiger partial charge in [-0.05, 0) is 12.5 Å². The second kappa shape index (κ2) is 5.31. The fourth-order valence-corrected chi connectivity index (χ4v) is 2.39. The van der Waals surface area contributed by atoms with Gasteiger partial charge in [-0.15, -0.1) is 0 Å². The van der Waals surface area contributed by atoms with E-state index in [1.54, 1.807) is 42.9 Å². The van der Waals surface area contributed by atoms with Gasteiger partial charge in [0, 0.05) is 20.0 Å². The molecule has 2 rings (SSSR count). The van der Waals surface area contributed by atoms with Gasteiger partial charge in [0.2, 0.25) is 0 Å². The molecule has 5 heteroatoms. The van der Waals surface area contributed by atoms with E-state index in [1.165, 1.54) is 0 Å². The van der Waals surface area contributed by atoms with Crippen LogP contribution in [0.2, 0.25) is 5.02 Å². The Bertz CT molecular complexity index is 568. The second-order valence-corrected chi connectivity index (χ2v) is 5.06. The lowest BCUT2D eigenvalue weighted by atomic mass is 9.91. The normalized spacial score (nSPS) is 14.4. The monoisotopic (exact) mass is 281 g/mol. The number of nitrogens with two attached hydrogens (primary N) is 1. The van der Waals surface area contributed by atoms with Crippen LogP contribution in [-0.4, -0.2) is 16.3 Å². The fourth-order valence-electron chi connectivity index (χ4n) is 2.17. The standard InChI is InChI=1S/C14H17ClFN3/c1-10-13(15)12(19(2)18-10)8-14(16,9-17)11-6-4-3-5-7-11/h3-7H,8-9,17H2,1-2H3. The van der Waals surface area contributed by atoms with E-state index >= 15 is 4.39 Å². The van der Waals surface area contributed by atoms with Gasteiger partial charge in [0.05, 0.1) is 16.4 Å². The number of nitrogens with zero attached hydrogens (tertiary/aromatic N) is 2. The largest absolute Gasteiger partial charge is 0.327 e. The summed E-state index contributed by atoms with van der Waals surface area (Å²) >= 11 is 6.17. The van der Waals surface area contributed by atoms with Crippen molar-refractivity contribution in [3.05, 3.63) is 52.3 Å². The topological polar surface area (TPSA) is 43.8 Å². The third-order valence-corrected chi connectivity index (χ3v) is 3.82. The molecule has 3 nitrogen and oxygen atoms in total. The Kier molecular flexibility index (Phi) is 3.92. The average Bonchev–Trinajstić information content (AvgIpc) is 2.66. The molecular weight excluding hydrogens is 265 g/mol. The van der Waals surface area contributed by atoms with Gasteiger partial charge in [0.25, 0.3) is 0 Å². The first-order chi connectivity index (χ1) is 8.98. The van der Waals surface area contributed by atoms with Crippen molar-refractivity contribution in [1.82, 2.24) is 9.78 Å². The highest BCUT2D eigenvalue weighted by atomic mass is 35.5. The Labute approximate surface area is 117 Å². The van der Waals surface area contributed by atoms with Crippen LogP contribution in [0.4, 0.5) is 4.39 Å². The lowest BCUT2D eigenvalue weighted by Crippen LogP contribution is -2.33. The van der Waals surface area contributed by atoms with E-state index in [-0.39, 0.29) is 13.0 Å². The maximum Gasteiger partial charge on any atom is 0.153 e. The molecule has 0 aliphatic carbocycles. The van der Waals surface area contributed by atoms with Gasteiger partial charge in [-0.1, -0.05) is 41.9 Å². The van der Waals surface area contributed by atoms with Gasteiger partial charge in [-0.2, -0.15) is 5.10 Å². The minimum absolute atomic E-state index is 0.0996. The van der Waals surface area contributed by atoms with Gasteiger partial charge in [-0.25, -0.2) is 4.39 Å². The second-order valence-electron chi connectivity index (χ2n) is 4.68. The van der Waals surface area contributed by atoms with Crippen molar-refractivity contribution in [2.75, 3.05) is 6.54 Å². The van der Waals surface area contributed by atoms with E-state index < -0.39 is 5.67 Å². The summed E-state index contributed by atoms with van der Waals surface area (Å²) in [5, 5.41) is 4.71. The van der Waals surface area contributed by atoms with E-state index in [4.69, 9.17) is 17.3 Å². The molecule has 0 aliphatic heterocycles. The van der Waals surface area contributed by atoms with Crippen LogP contribution in [0.25, 0.3) is 0 Å². The van der Waals surface area contributed by atoms with Crippen LogP contribution < -0.4 is 5.73 Å². The minimum atomic E-state index is -1.63. The number of alkyl halides is 1. The first-order valence-corrected chi connectivity index (χ1v) is 6.48. The minimum Gasteiger partial charge on any atom is -0.327 e. The van der Waals surface area contributed by atoms with E-state index in [2.05, 4.69) is 5.10 Å². The quantitative estimate of drug-likeness (QED) is 0.936. The Morgan fingerprint density at radius 2 is 2.00 bits per heavy atom. The number of rotatable bonds is 4. The molecule has 0 amide bonds. The van der Waals surface area contributed by atoms with Crippen molar-refractivity contribution in [2.24, 2.45) is 12.8 Å². The number of hydrogen-bond donors (Lipinski definition) is 1. The number of halogens is 2. The van der Waals surface area contributed by atoms with Crippen LogP contribution >= 0.6 is 11.6 Å². The Morgan fingerprint density at radius 3 is 2.47 bits per heavy atom. The maximum atomic E-state index is 15.1. The summed E-state index contributed by atoms with van der Waals surface area (Å²) < 4.78 is 16.7. The summed E-state index contributed by atoms with van der Waals surface area (Å²) in [5.41, 5.74) is 5.94. The smallest absolute Gasteiger partial charge is 0.153 e. The summed E-state index contributed by atoms with van der Waals surface area (Å²) in [6.45, 7) is 1.70. The van der Waals surface area contributed by atoms with Crippen molar-refractivity contribution in [1.29, 1.82) is 0 Å². The summed E-state index contributed by atoms with van der Waals surface area (Å²) in [6, 6.07) is 8.93. The molecule has 0 fully saturated rings. The number of benzene rings is 1. The molecule has 0 saturated heterocycles. The molecular formula is C14H17ClFN3. The molecule has 19 heavy (non-hydrogen) atoms. The zero-order chi connectivity index (χ0) is 14.0. The molecule has 102 valence electrons. The molecule has 1 unspecified atom stereocenters. The molecule has 2 aromatic rings. The van der Waals surface area contributed by atoms with Gasteiger partial charge in [0.1, 0.15) is 0 Å². The summed E-state index contributed by atoms with van der Waals surface area (Å²) in [7, 11) is 1.76. The average molecular weight is 282 g/mol. The van der Waals surface area contributed by atoms with Crippen molar-refractivity contribution in [3.8, 4) is 0 Å². The van der Waals surface area contributed by atoms with Crippen LogP contribution in [0, 0.1) is 6.92 Å². The van der Waals surface area contributed by atoms with Crippen LogP contribution in [-0.2, 0) is 19.1 Å². The van der Waals surface area contributed by atoms with Crippen molar-refractivity contribution < 1.29 is 4.39 Å². The van der Waals surface area contributed by atoms with Crippen LogP contribution in [0.1, 0.15) is 17.0 Å². The molecule has 1 aromatic carbocycles. The third kappa shape index (κ3) is 2.65. The first kappa shape index (κ1) is 14.0. The van der Waals surface area contributed by atoms with Gasteiger partial charge in [-0.3, -0.25) is 4.68 Å². The zero-order valence-electron chi connectivity index (χ0n) is 11.0. The Morgan fingerprint density at radius 1 is 1.37 bits per heavy atom. The van der Waals surface area contributed by atoms with Crippen molar-refractivity contribution >= 4 is 11.6 Å². The van der Waals surface area contributed by atoms with Crippen molar-refractivity contribution in [3.63, 3.8) is 0 Å². The Balaban J connectivity index is 2.39. The highest BCUT2D eigenvalue weighted by Crippen LogP contribution is 2.32. The lowest BCUT2D eigenvalue weighted by molar-refractivity contribution is 0.172. The highest BCUT2D eigenvalue weighted by molar-refractivity contribution is 6.31. The predicted molar refractivity (Wildman–Crippen MR) is 74.9 cm³/mol. The molecule has 0 bridgehead atoms. The number of aromatic nitrogens is 2. The third-order valence-electron chi connectivity index (χ3n) is 3.32. The number of hydrogen-bond acceptors (Lipinski definition) is 2. The number of aryl methyl sites for hydroxylation is 2. The van der Waals surface area contributed by atoms with Gasteiger partial charge in [0.15, 0.2) is 5.67 Å². The SMILES string of the molecule is Cc1nn(C)c(CC(F)(CN)c2ccccc2)c1Cl. The van der Waals surface area contributed by atoms with Crippen LogP contribution in [0.5, 0.6) is 0 Å². The van der Waals surface area contributed by atoms with Crippen molar-refractivity contribution in [2.45, 2.75) is 19.0 Å². The summed E-state index contributed by atoms with van der Waals surface area (Å²) in [6.07, 6.45) is 0.115. The first-order valence-electron chi connectivity index (χ1n) is 6.10. The molecule has 0 aliphatic rings. The predicted octanol–water partition coefficient (Wildman–Crippen LogP) is 2.75. The molecule has 0 spiro atoms. The lowest BCUT2D eigenvalue weighted by Gasteiger charge is -2.24. The van der Waals surface area contributed by atoms with E-state index in [9.17, 15) is 0 Å². The van der Waals surface area contributed by atoms with Crippen LogP contribution in [0.3, 0.4) is 0 Å². The zero-order valence-corrected chi connectivity index (χ0v) is 11.8. The molecule has 0 radical (unpaired) electrons. The molecule has 1 heterocycles.